The smallest absolute Gasteiger partial charge is 0.324 e. The minimum absolute atomic E-state index is 0.317. The normalized spacial score (nSPS) is 23.2. The molecule has 1 aromatic carbocycles. The van der Waals surface area contributed by atoms with E-state index in [9.17, 15) is 14.3 Å². The lowest BCUT2D eigenvalue weighted by atomic mass is 9.87. The van der Waals surface area contributed by atoms with E-state index in [1.165, 1.54) is 12.1 Å². The summed E-state index contributed by atoms with van der Waals surface area (Å²) in [7, 11) is 0. The third-order valence-corrected chi connectivity index (χ3v) is 4.25. The van der Waals surface area contributed by atoms with Crippen molar-refractivity contribution in [1.82, 2.24) is 4.90 Å². The highest BCUT2D eigenvalue weighted by molar-refractivity contribution is 5.78. The number of hydrogen-bond acceptors (Lipinski definition) is 2. The second-order valence-corrected chi connectivity index (χ2v) is 6.08. The van der Waals surface area contributed by atoms with Crippen LogP contribution in [0.15, 0.2) is 24.3 Å². The largest absolute Gasteiger partial charge is 0.480 e. The van der Waals surface area contributed by atoms with E-state index >= 15 is 0 Å². The molecule has 1 saturated heterocycles. The molecule has 1 fully saturated rings. The number of aliphatic carboxylic acids is 1. The van der Waals surface area contributed by atoms with Crippen LogP contribution in [0.5, 0.6) is 0 Å². The van der Waals surface area contributed by atoms with Gasteiger partial charge in [-0.05, 0) is 49.9 Å². The lowest BCUT2D eigenvalue weighted by molar-refractivity contribution is -0.151. The van der Waals surface area contributed by atoms with Crippen molar-refractivity contribution in [2.45, 2.75) is 38.6 Å². The quantitative estimate of drug-likeness (QED) is 0.921. The van der Waals surface area contributed by atoms with E-state index in [0.717, 1.165) is 31.5 Å². The standard InChI is InChI=1S/C16H22FNO2/c1-12-5-4-8-18(11-12)16(2,15(19)20)10-13-6-3-7-14(17)9-13/h3,6-7,9,12H,4-5,8,10-11H2,1-2H3,(H,19,20). The Kier molecular flexibility index (Phi) is 4.43. The van der Waals surface area contributed by atoms with Crippen LogP contribution >= 0.6 is 0 Å². The average molecular weight is 279 g/mol. The van der Waals surface area contributed by atoms with Gasteiger partial charge in [-0.1, -0.05) is 19.1 Å². The number of nitrogens with zero attached hydrogens (tertiary/aromatic N) is 1. The predicted octanol–water partition coefficient (Wildman–Crippen LogP) is 2.94. The van der Waals surface area contributed by atoms with Crippen LogP contribution < -0.4 is 0 Å². The fraction of sp³-hybridized carbons (Fsp3) is 0.562. The van der Waals surface area contributed by atoms with Crippen molar-refractivity contribution in [2.24, 2.45) is 5.92 Å². The molecule has 1 aliphatic heterocycles. The SMILES string of the molecule is CC1CCCN(C(C)(Cc2cccc(F)c2)C(=O)O)C1. The fourth-order valence-corrected chi connectivity index (χ4v) is 3.00. The number of rotatable bonds is 4. The lowest BCUT2D eigenvalue weighted by Gasteiger charge is -2.42. The molecule has 0 spiro atoms. The van der Waals surface area contributed by atoms with Gasteiger partial charge in [0.05, 0.1) is 0 Å². The molecule has 110 valence electrons. The summed E-state index contributed by atoms with van der Waals surface area (Å²) in [5.41, 5.74) is -0.240. The molecule has 0 radical (unpaired) electrons. The monoisotopic (exact) mass is 279 g/mol. The van der Waals surface area contributed by atoms with Gasteiger partial charge in [0.1, 0.15) is 11.4 Å². The molecular weight excluding hydrogens is 257 g/mol. The van der Waals surface area contributed by atoms with Crippen molar-refractivity contribution in [1.29, 1.82) is 0 Å². The number of carboxylic acid groups (broad SMARTS) is 1. The first-order chi connectivity index (χ1) is 9.41. The molecule has 0 aliphatic carbocycles. The number of piperidine rings is 1. The van der Waals surface area contributed by atoms with Crippen molar-refractivity contribution in [3.05, 3.63) is 35.6 Å². The van der Waals surface area contributed by atoms with E-state index in [0.29, 0.717) is 12.3 Å². The summed E-state index contributed by atoms with van der Waals surface area (Å²) in [6.07, 6.45) is 2.49. The molecule has 2 atom stereocenters. The first-order valence-electron chi connectivity index (χ1n) is 7.15. The van der Waals surface area contributed by atoms with E-state index in [4.69, 9.17) is 0 Å². The highest BCUT2D eigenvalue weighted by Crippen LogP contribution is 2.27. The summed E-state index contributed by atoms with van der Waals surface area (Å²) < 4.78 is 13.3. The van der Waals surface area contributed by atoms with Crippen LogP contribution in [0.2, 0.25) is 0 Å². The number of likely N-dealkylation sites (tertiary alicyclic amines) is 1. The van der Waals surface area contributed by atoms with Gasteiger partial charge in [-0.3, -0.25) is 9.69 Å². The van der Waals surface area contributed by atoms with E-state index < -0.39 is 11.5 Å². The third-order valence-electron chi connectivity index (χ3n) is 4.25. The average Bonchev–Trinajstić information content (AvgIpc) is 2.38. The molecule has 4 heteroatoms. The summed E-state index contributed by atoms with van der Waals surface area (Å²) >= 11 is 0. The van der Waals surface area contributed by atoms with Crippen molar-refractivity contribution in [3.63, 3.8) is 0 Å². The van der Waals surface area contributed by atoms with Crippen LogP contribution in [-0.4, -0.2) is 34.6 Å². The maximum Gasteiger partial charge on any atom is 0.324 e. The summed E-state index contributed by atoms with van der Waals surface area (Å²) in [4.78, 5) is 13.8. The molecule has 3 nitrogen and oxygen atoms in total. The Balaban J connectivity index is 2.22. The molecule has 0 aromatic heterocycles. The van der Waals surface area contributed by atoms with Crippen molar-refractivity contribution in [3.8, 4) is 0 Å². The first-order valence-corrected chi connectivity index (χ1v) is 7.15. The summed E-state index contributed by atoms with van der Waals surface area (Å²) in [5, 5.41) is 9.67. The fourth-order valence-electron chi connectivity index (χ4n) is 3.00. The van der Waals surface area contributed by atoms with Gasteiger partial charge in [-0.15, -0.1) is 0 Å². The van der Waals surface area contributed by atoms with E-state index in [1.807, 2.05) is 4.90 Å². The molecule has 1 heterocycles. The predicted molar refractivity (Wildman–Crippen MR) is 76.1 cm³/mol. The highest BCUT2D eigenvalue weighted by atomic mass is 19.1. The molecular formula is C16H22FNO2. The zero-order valence-corrected chi connectivity index (χ0v) is 12.1. The van der Waals surface area contributed by atoms with Gasteiger partial charge < -0.3 is 5.11 Å². The molecule has 0 bridgehead atoms. The minimum atomic E-state index is -0.970. The molecule has 2 unspecified atom stereocenters. The summed E-state index contributed by atoms with van der Waals surface area (Å²) in [6.45, 7) is 5.48. The van der Waals surface area contributed by atoms with E-state index in [1.54, 1.807) is 19.1 Å². The molecule has 20 heavy (non-hydrogen) atoms. The highest BCUT2D eigenvalue weighted by Gasteiger charge is 2.41. The van der Waals surface area contributed by atoms with Crippen molar-refractivity contribution < 1.29 is 14.3 Å². The third kappa shape index (κ3) is 3.18. The van der Waals surface area contributed by atoms with Crippen LogP contribution in [0.3, 0.4) is 0 Å². The van der Waals surface area contributed by atoms with Gasteiger partial charge in [0.15, 0.2) is 0 Å². The molecule has 0 amide bonds. The number of benzene rings is 1. The first kappa shape index (κ1) is 15.0. The molecule has 2 rings (SSSR count). The number of carbonyl (C=O) groups is 1. The second kappa shape index (κ2) is 5.92. The zero-order valence-electron chi connectivity index (χ0n) is 12.1. The van der Waals surface area contributed by atoms with Crippen LogP contribution in [0.1, 0.15) is 32.3 Å². The van der Waals surface area contributed by atoms with Crippen LogP contribution in [-0.2, 0) is 11.2 Å². The zero-order chi connectivity index (χ0) is 14.8. The Morgan fingerprint density at radius 2 is 2.30 bits per heavy atom. The van der Waals surface area contributed by atoms with Crippen molar-refractivity contribution in [2.75, 3.05) is 13.1 Å². The number of carboxylic acids is 1. The maximum atomic E-state index is 13.3. The summed E-state index contributed by atoms with van der Waals surface area (Å²) in [6, 6.07) is 6.22. The van der Waals surface area contributed by atoms with Gasteiger partial charge >= 0.3 is 5.97 Å². The molecule has 1 N–H and O–H groups in total. The number of hydrogen-bond donors (Lipinski definition) is 1. The van der Waals surface area contributed by atoms with Crippen LogP contribution in [0.4, 0.5) is 4.39 Å². The molecule has 0 saturated carbocycles. The lowest BCUT2D eigenvalue weighted by Crippen LogP contribution is -2.57. The van der Waals surface area contributed by atoms with Crippen LogP contribution in [0.25, 0.3) is 0 Å². The Morgan fingerprint density at radius 3 is 2.90 bits per heavy atom. The van der Waals surface area contributed by atoms with Gasteiger partial charge in [0.2, 0.25) is 0 Å². The topological polar surface area (TPSA) is 40.5 Å². The van der Waals surface area contributed by atoms with E-state index in [-0.39, 0.29) is 5.82 Å². The Labute approximate surface area is 119 Å². The minimum Gasteiger partial charge on any atom is -0.480 e. The maximum absolute atomic E-state index is 13.3. The summed E-state index contributed by atoms with van der Waals surface area (Å²) in [5.74, 6) is -0.645. The Bertz CT molecular complexity index is 491. The Hall–Kier alpha value is -1.42. The van der Waals surface area contributed by atoms with Gasteiger partial charge in [0.25, 0.3) is 0 Å². The van der Waals surface area contributed by atoms with Gasteiger partial charge in [-0.25, -0.2) is 4.39 Å². The van der Waals surface area contributed by atoms with Crippen LogP contribution in [0, 0.1) is 11.7 Å². The molecule has 1 aliphatic rings. The number of halogens is 1. The van der Waals surface area contributed by atoms with Gasteiger partial charge in [-0.2, -0.15) is 0 Å². The van der Waals surface area contributed by atoms with Crippen molar-refractivity contribution >= 4 is 5.97 Å². The second-order valence-electron chi connectivity index (χ2n) is 6.08. The Morgan fingerprint density at radius 1 is 1.55 bits per heavy atom. The van der Waals surface area contributed by atoms with E-state index in [2.05, 4.69) is 6.92 Å². The molecule has 1 aromatic rings. The van der Waals surface area contributed by atoms with Gasteiger partial charge in [0, 0.05) is 13.0 Å².